The monoisotopic (exact) mass is 438 g/mol. The normalized spacial score (nSPS) is 7.93. The molecule has 0 aliphatic carbocycles. The zero-order chi connectivity index (χ0) is 19.0. The van der Waals surface area contributed by atoms with Crippen LogP contribution in [0, 0.1) is 21.3 Å². The van der Waals surface area contributed by atoms with Crippen molar-refractivity contribution in [1.29, 1.82) is 10.5 Å². The van der Waals surface area contributed by atoms with E-state index in [2.05, 4.69) is 59.5 Å². The van der Waals surface area contributed by atoms with E-state index in [4.69, 9.17) is 10.5 Å². The fraction of sp³-hybridized carbons (Fsp3) is 0. The van der Waals surface area contributed by atoms with Crippen molar-refractivity contribution in [3.63, 3.8) is 0 Å². The van der Waals surface area contributed by atoms with E-state index in [1.54, 1.807) is 0 Å². The molecule has 27 heavy (non-hydrogen) atoms. The number of benzene rings is 2. The van der Waals surface area contributed by atoms with E-state index in [9.17, 15) is 0 Å². The third-order valence-electron chi connectivity index (χ3n) is 3.02. The van der Waals surface area contributed by atoms with Crippen molar-refractivity contribution >= 4 is 47.1 Å². The van der Waals surface area contributed by atoms with Gasteiger partial charge in [-0.15, -0.1) is 0 Å². The van der Waals surface area contributed by atoms with Gasteiger partial charge in [-0.2, -0.15) is 0 Å². The maximum absolute atomic E-state index is 7.13. The van der Waals surface area contributed by atoms with Gasteiger partial charge in [-0.05, 0) is 24.3 Å². The van der Waals surface area contributed by atoms with Crippen LogP contribution in [0.5, 0.6) is 0 Å². The number of aromatic nitrogens is 2. The average Bonchev–Trinajstić information content (AvgIpc) is 2.70. The Labute approximate surface area is 182 Å². The van der Waals surface area contributed by atoms with E-state index in [0.29, 0.717) is 0 Å². The number of para-hydroxylation sites is 2. The van der Waals surface area contributed by atoms with Gasteiger partial charge in [0.1, 0.15) is 0 Å². The van der Waals surface area contributed by atoms with Crippen LogP contribution in [0.15, 0.2) is 85.2 Å². The SMILES string of the molecule is N#C[S-].N#C[S-].[Zn+2].c1ccc2ncccc2c1.c1ccc2ncccc2c1. The van der Waals surface area contributed by atoms with Crippen LogP contribution >= 0.6 is 0 Å². The maximum Gasteiger partial charge on any atom is 2.00 e. The summed E-state index contributed by atoms with van der Waals surface area (Å²) in [6.45, 7) is 0. The number of hydrogen-bond acceptors (Lipinski definition) is 6. The molecule has 0 fully saturated rings. The summed E-state index contributed by atoms with van der Waals surface area (Å²) in [4.78, 5) is 8.36. The van der Waals surface area contributed by atoms with Crippen molar-refractivity contribution in [2.45, 2.75) is 0 Å². The van der Waals surface area contributed by atoms with Crippen molar-refractivity contribution in [2.75, 3.05) is 0 Å². The number of nitrogens with zero attached hydrogens (tertiary/aromatic N) is 4. The minimum absolute atomic E-state index is 0. The van der Waals surface area contributed by atoms with E-state index in [0.717, 1.165) is 11.0 Å². The quantitative estimate of drug-likeness (QED) is 0.228. The van der Waals surface area contributed by atoms with Crippen LogP contribution in [-0.4, -0.2) is 9.97 Å². The molecule has 2 aromatic heterocycles. The molecule has 0 saturated heterocycles. The molecule has 0 bridgehead atoms. The molecule has 0 N–H and O–H groups in total. The third-order valence-corrected chi connectivity index (χ3v) is 3.02. The predicted octanol–water partition coefficient (Wildman–Crippen LogP) is 4.50. The summed E-state index contributed by atoms with van der Waals surface area (Å²) in [6, 6.07) is 24.2. The van der Waals surface area contributed by atoms with Gasteiger partial charge in [-0.3, -0.25) is 9.97 Å². The summed E-state index contributed by atoms with van der Waals surface area (Å²) in [5.74, 6) is 0. The standard InChI is InChI=1S/2C9H7N.2CHNS.Zn/c2*1-2-6-9-8(4-1)5-3-7-10-9;2*2-1-3;/h2*1-7H;2*3H;/q;;;;+2/p-2. The number of fused-ring (bicyclic) bond motifs is 2. The Morgan fingerprint density at radius 2 is 0.889 bits per heavy atom. The van der Waals surface area contributed by atoms with Gasteiger partial charge in [0.25, 0.3) is 0 Å². The van der Waals surface area contributed by atoms with Crippen LogP contribution in [0.3, 0.4) is 0 Å². The number of hydrogen-bond donors (Lipinski definition) is 0. The summed E-state index contributed by atoms with van der Waals surface area (Å²) < 4.78 is 0. The molecule has 0 aliphatic heterocycles. The van der Waals surface area contributed by atoms with Crippen LogP contribution in [0.25, 0.3) is 21.8 Å². The predicted molar refractivity (Wildman–Crippen MR) is 109 cm³/mol. The fourth-order valence-electron chi connectivity index (χ4n) is 2.03. The Morgan fingerprint density at radius 3 is 1.22 bits per heavy atom. The van der Waals surface area contributed by atoms with Crippen molar-refractivity contribution in [2.24, 2.45) is 0 Å². The second kappa shape index (κ2) is 15.5. The van der Waals surface area contributed by atoms with Crippen molar-refractivity contribution < 1.29 is 19.5 Å². The minimum Gasteiger partial charge on any atom is -0.696 e. The summed E-state index contributed by atoms with van der Waals surface area (Å²) in [6.07, 6.45) is 3.62. The third kappa shape index (κ3) is 9.54. The zero-order valence-electron chi connectivity index (χ0n) is 14.4. The number of thiocyanates is 2. The molecule has 0 atom stereocenters. The molecule has 0 spiro atoms. The summed E-state index contributed by atoms with van der Waals surface area (Å²) in [7, 11) is 0. The second-order valence-electron chi connectivity index (χ2n) is 4.57. The summed E-state index contributed by atoms with van der Waals surface area (Å²) in [5.41, 5.74) is 2.12. The topological polar surface area (TPSA) is 73.4 Å². The summed E-state index contributed by atoms with van der Waals surface area (Å²) in [5, 5.41) is 19.3. The molecule has 0 aliphatic rings. The van der Waals surface area contributed by atoms with Gasteiger partial charge in [-0.25, -0.2) is 10.5 Å². The average molecular weight is 440 g/mol. The van der Waals surface area contributed by atoms with Crippen LogP contribution in [-0.2, 0) is 44.7 Å². The van der Waals surface area contributed by atoms with Crippen LogP contribution in [0.2, 0.25) is 0 Å². The van der Waals surface area contributed by atoms with Crippen molar-refractivity contribution in [3.8, 4) is 10.8 Å². The zero-order valence-corrected chi connectivity index (χ0v) is 19.0. The molecule has 7 heteroatoms. The minimum atomic E-state index is 0. The number of nitriles is 2. The van der Waals surface area contributed by atoms with Crippen LogP contribution in [0.1, 0.15) is 0 Å². The maximum atomic E-state index is 7.13. The van der Waals surface area contributed by atoms with Gasteiger partial charge < -0.3 is 25.3 Å². The van der Waals surface area contributed by atoms with E-state index in [1.807, 2.05) is 60.9 Å². The molecular formula is C20H14N4S2Zn. The Balaban J connectivity index is 0.000000380. The molecule has 4 nitrogen and oxygen atoms in total. The Kier molecular flexibility index (Phi) is 14.0. The smallest absolute Gasteiger partial charge is 0.696 e. The molecule has 128 valence electrons. The van der Waals surface area contributed by atoms with E-state index >= 15 is 0 Å². The number of pyridine rings is 2. The molecular weight excluding hydrogens is 426 g/mol. The first kappa shape index (κ1) is 24.3. The largest absolute Gasteiger partial charge is 2.00 e. The number of rotatable bonds is 0. The first-order chi connectivity index (χ1) is 12.8. The van der Waals surface area contributed by atoms with E-state index in [1.165, 1.54) is 21.6 Å². The van der Waals surface area contributed by atoms with Gasteiger partial charge in [0.15, 0.2) is 0 Å². The summed E-state index contributed by atoms with van der Waals surface area (Å²) >= 11 is 7.40. The molecule has 0 radical (unpaired) electrons. The van der Waals surface area contributed by atoms with Gasteiger partial charge in [-0.1, -0.05) is 59.3 Å². The molecule has 0 amide bonds. The van der Waals surface area contributed by atoms with Gasteiger partial charge in [0, 0.05) is 23.2 Å². The van der Waals surface area contributed by atoms with Gasteiger partial charge in [0.2, 0.25) is 0 Å². The molecule has 4 rings (SSSR count). The Morgan fingerprint density at radius 1 is 0.593 bits per heavy atom. The van der Waals surface area contributed by atoms with E-state index in [-0.39, 0.29) is 19.5 Å². The second-order valence-corrected chi connectivity index (χ2v) is 4.94. The van der Waals surface area contributed by atoms with Crippen LogP contribution < -0.4 is 0 Å². The van der Waals surface area contributed by atoms with Gasteiger partial charge >= 0.3 is 19.5 Å². The molecule has 0 unspecified atom stereocenters. The Bertz CT molecular complexity index is 799. The van der Waals surface area contributed by atoms with Crippen molar-refractivity contribution in [3.05, 3.63) is 85.2 Å². The molecule has 0 saturated carbocycles. The fourth-order valence-corrected chi connectivity index (χ4v) is 2.03. The molecule has 4 aromatic rings. The van der Waals surface area contributed by atoms with Crippen LogP contribution in [0.4, 0.5) is 0 Å². The first-order valence-electron chi connectivity index (χ1n) is 7.38. The Hall–Kier alpha value is -2.70. The molecule has 2 aromatic carbocycles. The van der Waals surface area contributed by atoms with Crippen molar-refractivity contribution in [1.82, 2.24) is 9.97 Å². The first-order valence-corrected chi connectivity index (χ1v) is 8.20. The van der Waals surface area contributed by atoms with Gasteiger partial charge in [0.05, 0.1) is 11.0 Å². The molecule has 2 heterocycles. The van der Waals surface area contributed by atoms with E-state index < -0.39 is 0 Å².